The molecule has 0 spiro atoms. The van der Waals surface area contributed by atoms with E-state index in [0.29, 0.717) is 0 Å². The summed E-state index contributed by atoms with van der Waals surface area (Å²) in [6.45, 7) is 0. The molecule has 0 aromatic heterocycles. The molecule has 0 amide bonds. The van der Waals surface area contributed by atoms with Crippen molar-refractivity contribution in [3.63, 3.8) is 0 Å². The zero-order valence-electron chi connectivity index (χ0n) is 49.9. The molecule has 15 aliphatic carbocycles. The van der Waals surface area contributed by atoms with Crippen molar-refractivity contribution >= 4 is 0 Å². The van der Waals surface area contributed by atoms with Crippen LogP contribution in [0.5, 0.6) is 0 Å². The molecule has 15 saturated carbocycles. The smallest absolute Gasteiger partial charge is 0.0386 e. The lowest BCUT2D eigenvalue weighted by molar-refractivity contribution is 0.0198. The Bertz CT molecular complexity index is 908. The topological polar surface area (TPSA) is 0 Å². The predicted molar refractivity (Wildman–Crippen MR) is 323 cm³/mol. The summed E-state index contributed by atoms with van der Waals surface area (Å²) < 4.78 is 0. The van der Waals surface area contributed by atoms with Crippen LogP contribution in [0, 0.1) is 47.3 Å². The summed E-state index contributed by atoms with van der Waals surface area (Å²) in [4.78, 5) is 0. The summed E-state index contributed by atoms with van der Waals surface area (Å²) >= 11 is 0. The Labute approximate surface area is 456 Å². The van der Waals surface area contributed by atoms with Crippen molar-refractivity contribution in [1.82, 2.24) is 0 Å². The van der Waals surface area contributed by atoms with Gasteiger partial charge in [0.05, 0.1) is 0 Å². The van der Waals surface area contributed by atoms with E-state index in [1.54, 1.807) is 96.3 Å². The standard InChI is InChI=1S/C12H24.C10H16.C10H18.C8H16.C7H12.C7H14.C6H12.C5H10.C4H8.C3H6/c1-2-4-6-8-10-12-11-9-7-5-3-1;1-7-2-9-4-8(1)5-10(3-7)6-9;1-2-6-10-8-4-3-7-9(10)5-1;1-2-4-6-8-7-5-3-1;1-2-7-4-3-6(1)5-7;1-2-4-6-7-5-3-1;1-2-4-6-5-3-1;1-2-4-5-3-1;1-2-4-3-1;1-2-3-1/h1-12H2;7-10H,1-6H2;9-10H,1-8H2;1-8H2;6-7H,1-5H2;1-7H2;1-6H2;1-5H2;1-4H2;1-3H2. The first-order valence-electron chi connectivity index (χ1n) is 35.8. The van der Waals surface area contributed by atoms with Crippen LogP contribution in [0.4, 0.5) is 0 Å². The van der Waals surface area contributed by atoms with Gasteiger partial charge in [-0.1, -0.05) is 366 Å². The van der Waals surface area contributed by atoms with Gasteiger partial charge in [0.2, 0.25) is 0 Å². The van der Waals surface area contributed by atoms with Gasteiger partial charge in [-0.15, -0.1) is 0 Å². The van der Waals surface area contributed by atoms with Gasteiger partial charge in [0.25, 0.3) is 0 Å². The molecule has 6 bridgehead atoms. The second-order valence-corrected chi connectivity index (χ2v) is 28.0. The summed E-state index contributed by atoms with van der Waals surface area (Å²) in [5, 5.41) is 0. The molecule has 15 aliphatic rings. The molecule has 0 nitrogen and oxygen atoms in total. The Kier molecular flexibility index (Phi) is 39.2. The largest absolute Gasteiger partial charge is 0.0533 e. The highest BCUT2D eigenvalue weighted by Crippen LogP contribution is 2.53. The molecule has 424 valence electrons. The lowest BCUT2D eigenvalue weighted by Gasteiger charge is -2.49. The van der Waals surface area contributed by atoms with Crippen LogP contribution in [0.3, 0.4) is 0 Å². The zero-order chi connectivity index (χ0) is 49.9. The van der Waals surface area contributed by atoms with E-state index in [0.717, 1.165) is 11.8 Å². The van der Waals surface area contributed by atoms with Gasteiger partial charge in [-0.2, -0.15) is 0 Å². The summed E-state index contributed by atoms with van der Waals surface area (Å²) in [5.41, 5.74) is 0. The van der Waals surface area contributed by atoms with Gasteiger partial charge in [0.15, 0.2) is 0 Å². The van der Waals surface area contributed by atoms with Crippen LogP contribution in [-0.2, 0) is 0 Å². The van der Waals surface area contributed by atoms with E-state index in [4.69, 9.17) is 0 Å². The van der Waals surface area contributed by atoms with Crippen LogP contribution < -0.4 is 0 Å². The summed E-state index contributed by atoms with van der Waals surface area (Å²) in [6.07, 6.45) is 97.3. The molecule has 15 fully saturated rings. The Morgan fingerprint density at radius 1 is 0.0972 bits per heavy atom. The van der Waals surface area contributed by atoms with E-state index in [-0.39, 0.29) is 0 Å². The highest BCUT2D eigenvalue weighted by molar-refractivity contribution is 4.93. The molecular weight excluding hydrogens is 865 g/mol. The van der Waals surface area contributed by atoms with Crippen LogP contribution in [0.25, 0.3) is 0 Å². The molecule has 0 saturated heterocycles. The summed E-state index contributed by atoms with van der Waals surface area (Å²) in [7, 11) is 0. The lowest BCUT2D eigenvalue weighted by Crippen LogP contribution is -2.38. The third-order valence-electron chi connectivity index (χ3n) is 21.0. The molecule has 0 N–H and O–H groups in total. The van der Waals surface area contributed by atoms with E-state index in [9.17, 15) is 0 Å². The maximum absolute atomic E-state index is 1.60. The lowest BCUT2D eigenvalue weighted by atomic mass is 9.56. The fourth-order valence-corrected chi connectivity index (χ4v) is 16.0. The van der Waals surface area contributed by atoms with Crippen molar-refractivity contribution < 1.29 is 0 Å². The highest BCUT2D eigenvalue weighted by Gasteiger charge is 2.41. The van der Waals surface area contributed by atoms with Gasteiger partial charge in [0, 0.05) is 0 Å². The first-order chi connectivity index (χ1) is 35.8. The van der Waals surface area contributed by atoms with Crippen LogP contribution in [-0.4, -0.2) is 0 Å². The average molecular weight is 1000 g/mol. The maximum atomic E-state index is 1.60. The number of fused-ring (bicyclic) bond motifs is 3. The average Bonchev–Trinajstić information content (AvgIpc) is 3.90. The second kappa shape index (κ2) is 44.9. The second-order valence-electron chi connectivity index (χ2n) is 28.0. The van der Waals surface area contributed by atoms with Crippen molar-refractivity contribution in [2.75, 3.05) is 0 Å². The van der Waals surface area contributed by atoms with Gasteiger partial charge in [-0.3, -0.25) is 0 Å². The monoisotopic (exact) mass is 1000 g/mol. The van der Waals surface area contributed by atoms with Gasteiger partial charge in [0.1, 0.15) is 0 Å². The Balaban J connectivity index is 0.000000151. The first-order valence-corrected chi connectivity index (χ1v) is 35.8. The molecule has 0 heteroatoms. The predicted octanol–water partition coefficient (Wildman–Crippen LogP) is 26.0. The van der Waals surface area contributed by atoms with Crippen LogP contribution in [0.2, 0.25) is 0 Å². The quantitative estimate of drug-likeness (QED) is 0.212. The molecule has 0 heterocycles. The summed E-state index contributed by atoms with van der Waals surface area (Å²) in [6, 6.07) is 0. The van der Waals surface area contributed by atoms with Crippen LogP contribution >= 0.6 is 0 Å². The van der Waals surface area contributed by atoms with E-state index < -0.39 is 0 Å². The fraction of sp³-hybridized carbons (Fsp3) is 1.00. The van der Waals surface area contributed by atoms with E-state index in [2.05, 4.69) is 0 Å². The third-order valence-corrected chi connectivity index (χ3v) is 21.0. The zero-order valence-corrected chi connectivity index (χ0v) is 49.9. The molecule has 0 aromatic rings. The van der Waals surface area contributed by atoms with Crippen molar-refractivity contribution in [3.8, 4) is 0 Å². The molecule has 72 heavy (non-hydrogen) atoms. The highest BCUT2D eigenvalue weighted by atomic mass is 14.5. The normalized spacial score (nSPS) is 33.3. The molecule has 0 unspecified atom stereocenters. The molecule has 0 aromatic carbocycles. The van der Waals surface area contributed by atoms with Gasteiger partial charge in [-0.25, -0.2) is 0 Å². The first kappa shape index (κ1) is 62.8. The maximum Gasteiger partial charge on any atom is -0.0386 e. The van der Waals surface area contributed by atoms with Crippen molar-refractivity contribution in [2.24, 2.45) is 47.3 Å². The fourth-order valence-electron chi connectivity index (χ4n) is 16.0. The van der Waals surface area contributed by atoms with E-state index in [1.165, 1.54) is 350 Å². The SMILES string of the molecule is C1C2CC3CC1CC(C2)C3.C1CC1.C1CC2CCC1C2.C1CCC1.C1CCC2CCCCC2C1.C1CCCC1.C1CCCCC1.C1CCCCCC1.C1CCCCCCC1.C1CCCCCCCCCCC1. The van der Waals surface area contributed by atoms with Crippen molar-refractivity contribution in [1.29, 1.82) is 0 Å². The summed E-state index contributed by atoms with van der Waals surface area (Å²) in [5.74, 6) is 9.36. The minimum atomic E-state index is 1.16. The minimum absolute atomic E-state index is 1.16. The molecular formula is C72H136. The molecule has 0 atom stereocenters. The number of rotatable bonds is 0. The van der Waals surface area contributed by atoms with Crippen molar-refractivity contribution in [2.45, 2.75) is 411 Å². The van der Waals surface area contributed by atoms with Gasteiger partial charge in [-0.05, 0) is 92.3 Å². The number of hydrogen-bond acceptors (Lipinski definition) is 0. The third kappa shape index (κ3) is 34.0. The van der Waals surface area contributed by atoms with Crippen molar-refractivity contribution in [3.05, 3.63) is 0 Å². The van der Waals surface area contributed by atoms with Crippen LogP contribution in [0.1, 0.15) is 411 Å². The van der Waals surface area contributed by atoms with Crippen LogP contribution in [0.15, 0.2) is 0 Å². The van der Waals surface area contributed by atoms with Gasteiger partial charge >= 0.3 is 0 Å². The van der Waals surface area contributed by atoms with E-state index in [1.807, 2.05) is 0 Å². The Hall–Kier alpha value is 0. The Morgan fingerprint density at radius 2 is 0.208 bits per heavy atom. The van der Waals surface area contributed by atoms with Gasteiger partial charge < -0.3 is 0 Å². The molecule has 15 rings (SSSR count). The molecule has 0 radical (unpaired) electrons. The number of hydrogen-bond donors (Lipinski definition) is 0. The Morgan fingerprint density at radius 3 is 0.306 bits per heavy atom. The van der Waals surface area contributed by atoms with E-state index >= 15 is 0 Å². The minimum Gasteiger partial charge on any atom is -0.0533 e. The molecule has 0 aliphatic heterocycles.